The number of rotatable bonds is 5. The lowest BCUT2D eigenvalue weighted by molar-refractivity contribution is 0.550. The molecular weight excluding hydrogens is 282 g/mol. The molecule has 112 valence electrons. The predicted molar refractivity (Wildman–Crippen MR) is 89.7 cm³/mol. The van der Waals surface area contributed by atoms with Crippen molar-refractivity contribution in [1.82, 2.24) is 10.3 Å². The monoisotopic (exact) mass is 303 g/mol. The van der Waals surface area contributed by atoms with E-state index < -0.39 is 0 Å². The summed E-state index contributed by atoms with van der Waals surface area (Å²) in [6, 6.07) is 8.57. The first kappa shape index (κ1) is 15.8. The number of aryl methyl sites for hydroxylation is 2. The third-order valence-electron chi connectivity index (χ3n) is 3.75. The first-order valence-electron chi connectivity index (χ1n) is 7.21. The van der Waals surface area contributed by atoms with Crippen LogP contribution >= 0.6 is 11.6 Å². The quantitative estimate of drug-likeness (QED) is 0.882. The highest BCUT2D eigenvalue weighted by atomic mass is 35.5. The minimum Gasteiger partial charge on any atom is -0.383 e. The van der Waals surface area contributed by atoms with Crippen molar-refractivity contribution in [2.75, 3.05) is 12.3 Å². The van der Waals surface area contributed by atoms with Gasteiger partial charge in [0, 0.05) is 17.8 Å². The zero-order valence-corrected chi connectivity index (χ0v) is 13.5. The van der Waals surface area contributed by atoms with E-state index in [1.807, 2.05) is 6.07 Å². The Morgan fingerprint density at radius 1 is 1.24 bits per heavy atom. The molecule has 0 saturated carbocycles. The molecule has 3 N–H and O–H groups in total. The molecule has 1 aromatic heterocycles. The van der Waals surface area contributed by atoms with Gasteiger partial charge in [-0.2, -0.15) is 0 Å². The van der Waals surface area contributed by atoms with Crippen molar-refractivity contribution in [3.63, 3.8) is 0 Å². The fourth-order valence-electron chi connectivity index (χ4n) is 2.45. The predicted octanol–water partition coefficient (Wildman–Crippen LogP) is 3.83. The summed E-state index contributed by atoms with van der Waals surface area (Å²) in [4.78, 5) is 4.16. The lowest BCUT2D eigenvalue weighted by Crippen LogP contribution is -2.24. The second-order valence-corrected chi connectivity index (χ2v) is 5.80. The summed E-state index contributed by atoms with van der Waals surface area (Å²) in [5.74, 6) is 0.536. The first-order chi connectivity index (χ1) is 10.0. The number of benzene rings is 1. The Hall–Kier alpha value is -1.58. The topological polar surface area (TPSA) is 50.9 Å². The Morgan fingerprint density at radius 2 is 2.00 bits per heavy atom. The highest BCUT2D eigenvalue weighted by molar-refractivity contribution is 6.30. The number of halogens is 1. The van der Waals surface area contributed by atoms with Crippen molar-refractivity contribution in [2.45, 2.75) is 33.2 Å². The van der Waals surface area contributed by atoms with E-state index in [0.717, 1.165) is 18.5 Å². The summed E-state index contributed by atoms with van der Waals surface area (Å²) in [6.45, 7) is 7.21. The highest BCUT2D eigenvalue weighted by Gasteiger charge is 2.16. The molecule has 2 aromatic rings. The molecule has 3 nitrogen and oxygen atoms in total. The molecule has 1 heterocycles. The van der Waals surface area contributed by atoms with Crippen LogP contribution in [-0.2, 0) is 6.42 Å². The van der Waals surface area contributed by atoms with Crippen LogP contribution in [0.3, 0.4) is 0 Å². The second-order valence-electron chi connectivity index (χ2n) is 5.36. The van der Waals surface area contributed by atoms with Gasteiger partial charge in [0.15, 0.2) is 0 Å². The average Bonchev–Trinajstić information content (AvgIpc) is 2.45. The number of hydrogen-bond donors (Lipinski definition) is 2. The number of anilines is 1. The molecule has 4 heteroatoms. The van der Waals surface area contributed by atoms with Crippen LogP contribution in [0, 0.1) is 13.8 Å². The van der Waals surface area contributed by atoms with E-state index in [0.29, 0.717) is 10.8 Å². The first-order valence-corrected chi connectivity index (χ1v) is 7.59. The van der Waals surface area contributed by atoms with E-state index in [1.165, 1.54) is 16.7 Å². The molecule has 0 aliphatic rings. The lowest BCUT2D eigenvalue weighted by Gasteiger charge is -2.20. The van der Waals surface area contributed by atoms with Gasteiger partial charge < -0.3 is 11.1 Å². The zero-order chi connectivity index (χ0) is 15.4. The molecule has 0 saturated heterocycles. The molecule has 1 unspecified atom stereocenters. The largest absolute Gasteiger partial charge is 0.383 e. The van der Waals surface area contributed by atoms with Crippen LogP contribution in [-0.4, -0.2) is 11.5 Å². The summed E-state index contributed by atoms with van der Waals surface area (Å²) < 4.78 is 0. The number of nitrogens with two attached hydrogens (primary N) is 1. The minimum absolute atomic E-state index is 0.114. The number of pyridine rings is 1. The van der Waals surface area contributed by atoms with E-state index in [4.69, 9.17) is 17.3 Å². The normalized spacial score (nSPS) is 12.4. The lowest BCUT2D eigenvalue weighted by atomic mass is 9.97. The fourth-order valence-corrected chi connectivity index (χ4v) is 2.62. The molecule has 0 amide bonds. The molecule has 2 rings (SSSR count). The van der Waals surface area contributed by atoms with Crippen molar-refractivity contribution in [3.8, 4) is 0 Å². The Kier molecular flexibility index (Phi) is 5.21. The van der Waals surface area contributed by atoms with Gasteiger partial charge >= 0.3 is 0 Å². The number of nitrogens with one attached hydrogen (secondary N) is 1. The standard InChI is InChI=1S/C17H22ClN3/c1-4-20-16(15-9-14(18)10-21-17(15)19)8-13-6-5-11(2)12(3)7-13/h5-7,9-10,16,20H,4,8H2,1-3H3,(H2,19,21). The fraction of sp³-hybridized carbons (Fsp3) is 0.353. The summed E-state index contributed by atoms with van der Waals surface area (Å²) in [5.41, 5.74) is 10.9. The van der Waals surface area contributed by atoms with Crippen molar-refractivity contribution in [3.05, 3.63) is 57.7 Å². The molecule has 0 radical (unpaired) electrons. The summed E-state index contributed by atoms with van der Waals surface area (Å²) >= 11 is 6.06. The third-order valence-corrected chi connectivity index (χ3v) is 3.96. The van der Waals surface area contributed by atoms with Crippen molar-refractivity contribution < 1.29 is 0 Å². The third kappa shape index (κ3) is 3.96. The molecule has 0 spiro atoms. The van der Waals surface area contributed by atoms with E-state index in [9.17, 15) is 0 Å². The average molecular weight is 304 g/mol. The van der Waals surface area contributed by atoms with Crippen LogP contribution in [0.2, 0.25) is 5.02 Å². The molecular formula is C17H22ClN3. The zero-order valence-electron chi connectivity index (χ0n) is 12.8. The van der Waals surface area contributed by atoms with Gasteiger partial charge in [0.1, 0.15) is 5.82 Å². The van der Waals surface area contributed by atoms with Crippen LogP contribution < -0.4 is 11.1 Å². The van der Waals surface area contributed by atoms with E-state index in [1.54, 1.807) is 6.20 Å². The smallest absolute Gasteiger partial charge is 0.128 e. The maximum atomic E-state index is 6.06. The number of nitrogen functional groups attached to an aromatic ring is 1. The van der Waals surface area contributed by atoms with Crippen LogP contribution in [0.4, 0.5) is 5.82 Å². The van der Waals surface area contributed by atoms with Gasteiger partial charge in [-0.25, -0.2) is 4.98 Å². The molecule has 1 atom stereocenters. The van der Waals surface area contributed by atoms with Crippen molar-refractivity contribution in [1.29, 1.82) is 0 Å². The Morgan fingerprint density at radius 3 is 2.67 bits per heavy atom. The van der Waals surface area contributed by atoms with Crippen LogP contribution in [0.25, 0.3) is 0 Å². The SMILES string of the molecule is CCNC(Cc1ccc(C)c(C)c1)c1cc(Cl)cnc1N. The van der Waals surface area contributed by atoms with Gasteiger partial charge in [0.25, 0.3) is 0 Å². The molecule has 21 heavy (non-hydrogen) atoms. The molecule has 0 fully saturated rings. The molecule has 0 aliphatic heterocycles. The van der Waals surface area contributed by atoms with Crippen LogP contribution in [0.15, 0.2) is 30.5 Å². The van der Waals surface area contributed by atoms with E-state index in [2.05, 4.69) is 49.3 Å². The number of aromatic nitrogens is 1. The van der Waals surface area contributed by atoms with Gasteiger partial charge in [0.2, 0.25) is 0 Å². The molecule has 0 aliphatic carbocycles. The van der Waals surface area contributed by atoms with Crippen LogP contribution in [0.1, 0.15) is 35.2 Å². The second kappa shape index (κ2) is 6.92. The Bertz CT molecular complexity index is 625. The summed E-state index contributed by atoms with van der Waals surface area (Å²) in [5, 5.41) is 4.08. The molecule has 0 bridgehead atoms. The summed E-state index contributed by atoms with van der Waals surface area (Å²) in [7, 11) is 0. The maximum absolute atomic E-state index is 6.06. The number of nitrogens with zero attached hydrogens (tertiary/aromatic N) is 1. The van der Waals surface area contributed by atoms with E-state index in [-0.39, 0.29) is 6.04 Å². The van der Waals surface area contributed by atoms with Gasteiger partial charge in [0.05, 0.1) is 5.02 Å². The Labute approximate surface area is 131 Å². The van der Waals surface area contributed by atoms with Gasteiger partial charge in [-0.3, -0.25) is 0 Å². The number of likely N-dealkylation sites (N-methyl/N-ethyl adjacent to an activating group) is 1. The Balaban J connectivity index is 2.30. The van der Waals surface area contributed by atoms with Gasteiger partial charge in [-0.15, -0.1) is 0 Å². The molecule has 1 aromatic carbocycles. The number of hydrogen-bond acceptors (Lipinski definition) is 3. The van der Waals surface area contributed by atoms with Gasteiger partial charge in [-0.1, -0.05) is 36.7 Å². The summed E-state index contributed by atoms with van der Waals surface area (Å²) in [6.07, 6.45) is 2.45. The minimum atomic E-state index is 0.114. The van der Waals surface area contributed by atoms with Crippen LogP contribution in [0.5, 0.6) is 0 Å². The maximum Gasteiger partial charge on any atom is 0.128 e. The van der Waals surface area contributed by atoms with Crippen molar-refractivity contribution in [2.24, 2.45) is 0 Å². The highest BCUT2D eigenvalue weighted by Crippen LogP contribution is 2.26. The van der Waals surface area contributed by atoms with Crippen molar-refractivity contribution >= 4 is 17.4 Å². The van der Waals surface area contributed by atoms with E-state index >= 15 is 0 Å². The van der Waals surface area contributed by atoms with Gasteiger partial charge in [-0.05, 0) is 49.6 Å².